The van der Waals surface area contributed by atoms with E-state index in [9.17, 15) is 14.0 Å². The Morgan fingerprint density at radius 1 is 1.20 bits per heavy atom. The van der Waals surface area contributed by atoms with Crippen LogP contribution in [0.25, 0.3) is 6.08 Å². The monoisotopic (exact) mass is 429 g/mol. The van der Waals surface area contributed by atoms with Crippen LogP contribution in [-0.4, -0.2) is 47.3 Å². The maximum atomic E-state index is 13.1. The summed E-state index contributed by atoms with van der Waals surface area (Å²) in [5.41, 5.74) is 2.33. The summed E-state index contributed by atoms with van der Waals surface area (Å²) in [7, 11) is 0. The number of nitrogens with zero attached hydrogens (tertiary/aromatic N) is 2. The molecule has 0 aromatic heterocycles. The van der Waals surface area contributed by atoms with Crippen LogP contribution in [0.4, 0.5) is 10.1 Å². The van der Waals surface area contributed by atoms with Crippen LogP contribution in [0.2, 0.25) is 5.02 Å². The summed E-state index contributed by atoms with van der Waals surface area (Å²) in [4.78, 5) is 28.2. The van der Waals surface area contributed by atoms with Gasteiger partial charge in [0.1, 0.15) is 5.82 Å². The third-order valence-electron chi connectivity index (χ3n) is 5.04. The van der Waals surface area contributed by atoms with Crippen molar-refractivity contribution in [1.82, 2.24) is 9.80 Å². The van der Waals surface area contributed by atoms with Crippen molar-refractivity contribution in [3.63, 3.8) is 0 Å². The quantitative estimate of drug-likeness (QED) is 0.725. The van der Waals surface area contributed by atoms with Gasteiger partial charge in [0.25, 0.3) is 0 Å². The molecule has 2 aromatic carbocycles. The minimum absolute atomic E-state index is 0.0468. The van der Waals surface area contributed by atoms with E-state index in [1.54, 1.807) is 36.4 Å². The number of amides is 2. The first kappa shape index (κ1) is 22.0. The van der Waals surface area contributed by atoms with E-state index >= 15 is 0 Å². The number of hydrogen-bond acceptors (Lipinski definition) is 3. The number of nitrogens with one attached hydrogen (secondary N) is 1. The molecule has 1 aliphatic heterocycles. The first-order valence-electron chi connectivity index (χ1n) is 9.84. The number of benzene rings is 2. The minimum atomic E-state index is -0.240. The molecule has 2 aromatic rings. The molecule has 0 saturated carbocycles. The lowest BCUT2D eigenvalue weighted by Gasteiger charge is -2.39. The zero-order valence-corrected chi connectivity index (χ0v) is 17.8. The van der Waals surface area contributed by atoms with Crippen LogP contribution in [0.1, 0.15) is 25.0 Å². The standard InChI is InChI=1S/C23H25ClFN3O2/c1-16-14-27(15-18-3-7-21(25)8-4-18)11-12-28(16)23(30)10-5-19-13-20(24)6-9-22(19)26-17(2)29/h3-10,13,16H,11-12,14-15H2,1-2H3,(H,26,29)/b10-5+. The minimum Gasteiger partial charge on any atom is -0.334 e. The fraction of sp³-hybridized carbons (Fsp3) is 0.304. The second-order valence-corrected chi connectivity index (χ2v) is 7.92. The topological polar surface area (TPSA) is 52.7 Å². The SMILES string of the molecule is CC(=O)Nc1ccc(Cl)cc1/C=C/C(=O)N1CCN(Cc2ccc(F)cc2)CC1C. The third-order valence-corrected chi connectivity index (χ3v) is 5.28. The largest absolute Gasteiger partial charge is 0.334 e. The number of halogens is 2. The van der Waals surface area contributed by atoms with Gasteiger partial charge >= 0.3 is 0 Å². The lowest BCUT2D eigenvalue weighted by molar-refractivity contribution is -0.130. The van der Waals surface area contributed by atoms with Crippen LogP contribution < -0.4 is 5.32 Å². The van der Waals surface area contributed by atoms with Crippen LogP contribution in [0.15, 0.2) is 48.5 Å². The molecule has 1 fully saturated rings. The lowest BCUT2D eigenvalue weighted by Crippen LogP contribution is -2.53. The van der Waals surface area contributed by atoms with Gasteiger partial charge in [-0.3, -0.25) is 14.5 Å². The Morgan fingerprint density at radius 2 is 1.93 bits per heavy atom. The molecule has 2 amide bonds. The zero-order chi connectivity index (χ0) is 21.7. The van der Waals surface area contributed by atoms with Gasteiger partial charge < -0.3 is 10.2 Å². The van der Waals surface area contributed by atoms with E-state index in [1.807, 2.05) is 11.8 Å². The second kappa shape index (κ2) is 9.87. The van der Waals surface area contributed by atoms with Crippen molar-refractivity contribution < 1.29 is 14.0 Å². The third kappa shape index (κ3) is 5.90. The molecule has 1 N–H and O–H groups in total. The molecule has 5 nitrogen and oxygen atoms in total. The van der Waals surface area contributed by atoms with Crippen LogP contribution in [-0.2, 0) is 16.1 Å². The van der Waals surface area contributed by atoms with Gasteiger partial charge in [-0.25, -0.2) is 4.39 Å². The van der Waals surface area contributed by atoms with Crippen LogP contribution in [0.3, 0.4) is 0 Å². The van der Waals surface area contributed by atoms with Crippen LogP contribution in [0.5, 0.6) is 0 Å². The summed E-state index contributed by atoms with van der Waals surface area (Å²) >= 11 is 6.06. The highest BCUT2D eigenvalue weighted by Gasteiger charge is 2.26. The molecule has 1 unspecified atom stereocenters. The molecule has 1 saturated heterocycles. The smallest absolute Gasteiger partial charge is 0.246 e. The highest BCUT2D eigenvalue weighted by Crippen LogP contribution is 2.22. The normalized spacial score (nSPS) is 17.3. The van der Waals surface area contributed by atoms with Crippen molar-refractivity contribution in [2.45, 2.75) is 26.4 Å². The molecular weight excluding hydrogens is 405 g/mol. The van der Waals surface area contributed by atoms with Gasteiger partial charge in [0.2, 0.25) is 11.8 Å². The van der Waals surface area contributed by atoms with Gasteiger partial charge in [-0.05, 0) is 54.5 Å². The predicted octanol–water partition coefficient (Wildman–Crippen LogP) is 4.18. The van der Waals surface area contributed by atoms with E-state index in [1.165, 1.54) is 25.1 Å². The van der Waals surface area contributed by atoms with Gasteiger partial charge in [0.05, 0.1) is 0 Å². The van der Waals surface area contributed by atoms with Crippen LogP contribution >= 0.6 is 11.6 Å². The summed E-state index contributed by atoms with van der Waals surface area (Å²) in [5, 5.41) is 3.27. The summed E-state index contributed by atoms with van der Waals surface area (Å²) in [6.45, 7) is 6.27. The van der Waals surface area contributed by atoms with E-state index in [0.29, 0.717) is 22.8 Å². The first-order chi connectivity index (χ1) is 14.3. The van der Waals surface area contributed by atoms with Gasteiger partial charge in [0, 0.05) is 55.9 Å². The highest BCUT2D eigenvalue weighted by atomic mass is 35.5. The van der Waals surface area contributed by atoms with Gasteiger partial charge in [-0.15, -0.1) is 0 Å². The average Bonchev–Trinajstić information content (AvgIpc) is 2.69. The Bertz CT molecular complexity index is 946. The molecule has 158 valence electrons. The molecule has 0 aliphatic carbocycles. The van der Waals surface area contributed by atoms with E-state index in [4.69, 9.17) is 11.6 Å². The van der Waals surface area contributed by atoms with Gasteiger partial charge in [-0.1, -0.05) is 23.7 Å². The number of piperazine rings is 1. The van der Waals surface area contributed by atoms with Crippen molar-refractivity contribution in [1.29, 1.82) is 0 Å². The molecular formula is C23H25ClFN3O2. The highest BCUT2D eigenvalue weighted by molar-refractivity contribution is 6.30. The maximum absolute atomic E-state index is 13.1. The number of hydrogen-bond donors (Lipinski definition) is 1. The van der Waals surface area contributed by atoms with Crippen molar-refractivity contribution in [3.8, 4) is 0 Å². The van der Waals surface area contributed by atoms with E-state index in [-0.39, 0.29) is 23.7 Å². The maximum Gasteiger partial charge on any atom is 0.246 e. The Kier molecular flexibility index (Phi) is 7.24. The van der Waals surface area contributed by atoms with E-state index < -0.39 is 0 Å². The molecule has 7 heteroatoms. The molecule has 0 radical (unpaired) electrons. The average molecular weight is 430 g/mol. The van der Waals surface area contributed by atoms with E-state index in [2.05, 4.69) is 10.2 Å². The summed E-state index contributed by atoms with van der Waals surface area (Å²) in [6.07, 6.45) is 3.19. The van der Waals surface area contributed by atoms with Crippen molar-refractivity contribution in [2.24, 2.45) is 0 Å². The number of carbonyl (C=O) groups is 2. The Labute approximate surface area is 181 Å². The summed E-state index contributed by atoms with van der Waals surface area (Å²) < 4.78 is 13.1. The fourth-order valence-electron chi connectivity index (χ4n) is 3.58. The van der Waals surface area contributed by atoms with Gasteiger partial charge in [-0.2, -0.15) is 0 Å². The number of carbonyl (C=O) groups excluding carboxylic acids is 2. The number of rotatable bonds is 5. The molecule has 1 atom stereocenters. The first-order valence-corrected chi connectivity index (χ1v) is 10.2. The molecule has 0 bridgehead atoms. The Hall–Kier alpha value is -2.70. The fourth-order valence-corrected chi connectivity index (χ4v) is 3.76. The van der Waals surface area contributed by atoms with Crippen molar-refractivity contribution in [3.05, 3.63) is 70.5 Å². The van der Waals surface area contributed by atoms with Crippen molar-refractivity contribution >= 4 is 35.2 Å². The van der Waals surface area contributed by atoms with E-state index in [0.717, 1.165) is 25.2 Å². The second-order valence-electron chi connectivity index (χ2n) is 7.49. The Balaban J connectivity index is 1.62. The molecule has 0 spiro atoms. The summed E-state index contributed by atoms with van der Waals surface area (Å²) in [5.74, 6) is -0.516. The summed E-state index contributed by atoms with van der Waals surface area (Å²) in [6, 6.07) is 11.7. The van der Waals surface area contributed by atoms with Gasteiger partial charge in [0.15, 0.2) is 0 Å². The zero-order valence-electron chi connectivity index (χ0n) is 17.1. The number of anilines is 1. The Morgan fingerprint density at radius 3 is 2.60 bits per heavy atom. The molecule has 1 aliphatic rings. The molecule has 1 heterocycles. The lowest BCUT2D eigenvalue weighted by atomic mass is 10.1. The predicted molar refractivity (Wildman–Crippen MR) is 118 cm³/mol. The molecule has 30 heavy (non-hydrogen) atoms. The van der Waals surface area contributed by atoms with Crippen molar-refractivity contribution in [2.75, 3.05) is 25.0 Å². The molecule has 3 rings (SSSR count). The van der Waals surface area contributed by atoms with Crippen LogP contribution in [0, 0.1) is 5.82 Å².